The first-order valence-corrected chi connectivity index (χ1v) is 5.61. The lowest BCUT2D eigenvalue weighted by atomic mass is 9.99. The van der Waals surface area contributed by atoms with Crippen molar-refractivity contribution in [2.24, 2.45) is 5.92 Å². The van der Waals surface area contributed by atoms with Gasteiger partial charge in [0.1, 0.15) is 5.75 Å². The van der Waals surface area contributed by atoms with E-state index in [1.807, 2.05) is 25.1 Å². The first kappa shape index (κ1) is 11.0. The molecule has 0 saturated carbocycles. The van der Waals surface area contributed by atoms with E-state index >= 15 is 0 Å². The van der Waals surface area contributed by atoms with Gasteiger partial charge in [-0.3, -0.25) is 4.79 Å². The highest BCUT2D eigenvalue weighted by molar-refractivity contribution is 5.98. The molecular weight excluding hydrogens is 202 g/mol. The molecule has 1 aliphatic heterocycles. The van der Waals surface area contributed by atoms with Gasteiger partial charge in [0.15, 0.2) is 5.72 Å². The number of carbonyl (C=O) groups is 1. The molecule has 1 aliphatic rings. The van der Waals surface area contributed by atoms with E-state index < -0.39 is 5.72 Å². The summed E-state index contributed by atoms with van der Waals surface area (Å²) >= 11 is 0. The zero-order valence-corrected chi connectivity index (χ0v) is 9.91. The minimum absolute atomic E-state index is 0.0509. The van der Waals surface area contributed by atoms with Crippen LogP contribution < -0.4 is 10.1 Å². The van der Waals surface area contributed by atoms with Crippen molar-refractivity contribution in [3.63, 3.8) is 0 Å². The molecule has 0 unspecified atom stereocenters. The zero-order valence-electron chi connectivity index (χ0n) is 9.91. The number of hydrogen-bond donors (Lipinski definition) is 1. The maximum atomic E-state index is 11.9. The van der Waals surface area contributed by atoms with Crippen LogP contribution in [-0.2, 0) is 0 Å². The van der Waals surface area contributed by atoms with Gasteiger partial charge in [0.2, 0.25) is 0 Å². The van der Waals surface area contributed by atoms with Gasteiger partial charge in [-0.1, -0.05) is 26.0 Å². The van der Waals surface area contributed by atoms with Crippen molar-refractivity contribution in [2.75, 3.05) is 0 Å². The van der Waals surface area contributed by atoms with Crippen molar-refractivity contribution in [1.82, 2.24) is 5.32 Å². The molecule has 1 amide bonds. The number of carbonyl (C=O) groups excluding carboxylic acids is 1. The van der Waals surface area contributed by atoms with Crippen molar-refractivity contribution >= 4 is 5.91 Å². The van der Waals surface area contributed by atoms with Gasteiger partial charge in [0.25, 0.3) is 5.91 Å². The number of nitrogens with one attached hydrogen (secondary N) is 1. The molecule has 0 aromatic heterocycles. The third-order valence-corrected chi connectivity index (χ3v) is 2.64. The average molecular weight is 219 g/mol. The Hall–Kier alpha value is -1.51. The summed E-state index contributed by atoms with van der Waals surface area (Å²) in [5, 5.41) is 2.92. The summed E-state index contributed by atoms with van der Waals surface area (Å²) in [5.74, 6) is 1.09. The minimum atomic E-state index is -0.584. The van der Waals surface area contributed by atoms with Crippen LogP contribution in [0.2, 0.25) is 0 Å². The van der Waals surface area contributed by atoms with Crippen LogP contribution in [-0.4, -0.2) is 11.6 Å². The fraction of sp³-hybridized carbons (Fsp3) is 0.462. The van der Waals surface area contributed by atoms with Crippen LogP contribution in [0.15, 0.2) is 24.3 Å². The molecule has 3 heteroatoms. The Labute approximate surface area is 95.8 Å². The van der Waals surface area contributed by atoms with Crippen molar-refractivity contribution in [1.29, 1.82) is 0 Å². The van der Waals surface area contributed by atoms with Crippen LogP contribution in [0, 0.1) is 5.92 Å². The highest BCUT2D eigenvalue weighted by Gasteiger charge is 2.35. The number of benzene rings is 1. The third kappa shape index (κ3) is 2.03. The maximum Gasteiger partial charge on any atom is 0.258 e. The first-order valence-electron chi connectivity index (χ1n) is 5.61. The second kappa shape index (κ2) is 3.81. The molecule has 0 aliphatic carbocycles. The van der Waals surface area contributed by atoms with Crippen LogP contribution in [0.25, 0.3) is 0 Å². The summed E-state index contributed by atoms with van der Waals surface area (Å²) in [6, 6.07) is 7.34. The van der Waals surface area contributed by atoms with E-state index in [1.165, 1.54) is 0 Å². The van der Waals surface area contributed by atoms with E-state index in [2.05, 4.69) is 19.2 Å². The van der Waals surface area contributed by atoms with Gasteiger partial charge >= 0.3 is 0 Å². The molecule has 0 bridgehead atoms. The van der Waals surface area contributed by atoms with Gasteiger partial charge in [0.05, 0.1) is 5.56 Å². The zero-order chi connectivity index (χ0) is 11.8. The SMILES string of the molecule is CC(C)C[C@@]1(C)NC(=O)c2ccccc2O1. The lowest BCUT2D eigenvalue weighted by Gasteiger charge is -2.37. The summed E-state index contributed by atoms with van der Waals surface area (Å²) in [7, 11) is 0. The van der Waals surface area contributed by atoms with Crippen molar-refractivity contribution in [3.8, 4) is 5.75 Å². The highest BCUT2D eigenvalue weighted by Crippen LogP contribution is 2.30. The Morgan fingerprint density at radius 1 is 1.38 bits per heavy atom. The molecule has 16 heavy (non-hydrogen) atoms. The van der Waals surface area contributed by atoms with Crippen molar-refractivity contribution in [3.05, 3.63) is 29.8 Å². The molecule has 0 saturated heterocycles. The molecule has 1 heterocycles. The lowest BCUT2D eigenvalue weighted by molar-refractivity contribution is 0.0176. The largest absolute Gasteiger partial charge is 0.468 e. The molecule has 0 fully saturated rings. The highest BCUT2D eigenvalue weighted by atomic mass is 16.5. The third-order valence-electron chi connectivity index (χ3n) is 2.64. The van der Waals surface area contributed by atoms with Gasteiger partial charge in [-0.05, 0) is 25.0 Å². The second-order valence-electron chi connectivity index (χ2n) is 4.88. The number of hydrogen-bond acceptors (Lipinski definition) is 2. The molecule has 1 atom stereocenters. The van der Waals surface area contributed by atoms with E-state index in [0.29, 0.717) is 17.2 Å². The molecule has 3 nitrogen and oxygen atoms in total. The van der Waals surface area contributed by atoms with E-state index in [-0.39, 0.29) is 5.91 Å². The number of para-hydroxylation sites is 1. The van der Waals surface area contributed by atoms with Crippen molar-refractivity contribution in [2.45, 2.75) is 32.9 Å². The van der Waals surface area contributed by atoms with Crippen LogP contribution in [0.3, 0.4) is 0 Å². The van der Waals surface area contributed by atoms with E-state index in [4.69, 9.17) is 4.74 Å². The number of amides is 1. The summed E-state index contributed by atoms with van der Waals surface area (Å²) < 4.78 is 5.87. The quantitative estimate of drug-likeness (QED) is 0.830. The van der Waals surface area contributed by atoms with E-state index in [1.54, 1.807) is 6.07 Å². The molecule has 0 radical (unpaired) electrons. The average Bonchev–Trinajstić information content (AvgIpc) is 2.15. The fourth-order valence-electron chi connectivity index (χ4n) is 2.19. The van der Waals surface area contributed by atoms with Crippen LogP contribution >= 0.6 is 0 Å². The van der Waals surface area contributed by atoms with Gasteiger partial charge in [-0.2, -0.15) is 0 Å². The van der Waals surface area contributed by atoms with Crippen LogP contribution in [0.5, 0.6) is 5.75 Å². The van der Waals surface area contributed by atoms with Crippen molar-refractivity contribution < 1.29 is 9.53 Å². The smallest absolute Gasteiger partial charge is 0.258 e. The normalized spacial score (nSPS) is 23.6. The Bertz CT molecular complexity index is 414. The van der Waals surface area contributed by atoms with Gasteiger partial charge in [-0.15, -0.1) is 0 Å². The Kier molecular flexibility index (Phi) is 2.62. The monoisotopic (exact) mass is 219 g/mol. The fourth-order valence-corrected chi connectivity index (χ4v) is 2.19. The second-order valence-corrected chi connectivity index (χ2v) is 4.88. The molecular formula is C13H17NO2. The van der Waals surface area contributed by atoms with Gasteiger partial charge in [-0.25, -0.2) is 0 Å². The number of rotatable bonds is 2. The van der Waals surface area contributed by atoms with Gasteiger partial charge in [0, 0.05) is 6.42 Å². The Balaban J connectivity index is 2.30. The van der Waals surface area contributed by atoms with Gasteiger partial charge < -0.3 is 10.1 Å². The summed E-state index contributed by atoms with van der Waals surface area (Å²) in [4.78, 5) is 11.9. The molecule has 0 spiro atoms. The predicted molar refractivity (Wildman–Crippen MR) is 62.4 cm³/mol. The molecule has 2 rings (SSSR count). The van der Waals surface area contributed by atoms with Crippen LogP contribution in [0.1, 0.15) is 37.6 Å². The molecule has 1 N–H and O–H groups in total. The standard InChI is InChI=1S/C13H17NO2/c1-9(2)8-13(3)14-12(15)10-6-4-5-7-11(10)16-13/h4-7,9H,8H2,1-3H3,(H,14,15)/t13-/m0/s1. The summed E-state index contributed by atoms with van der Waals surface area (Å²) in [6.45, 7) is 6.14. The van der Waals surface area contributed by atoms with E-state index in [0.717, 1.165) is 6.42 Å². The molecule has 1 aromatic carbocycles. The maximum absolute atomic E-state index is 11.9. The Morgan fingerprint density at radius 2 is 2.06 bits per heavy atom. The number of ether oxygens (including phenoxy) is 1. The minimum Gasteiger partial charge on any atom is -0.468 e. The van der Waals surface area contributed by atoms with Crippen LogP contribution in [0.4, 0.5) is 0 Å². The number of fused-ring (bicyclic) bond motifs is 1. The first-order chi connectivity index (χ1) is 7.50. The summed E-state index contributed by atoms with van der Waals surface area (Å²) in [6.07, 6.45) is 0.799. The van der Waals surface area contributed by atoms with E-state index in [9.17, 15) is 4.79 Å². The summed E-state index contributed by atoms with van der Waals surface area (Å²) in [5.41, 5.74) is 0.0308. The Morgan fingerprint density at radius 3 is 2.75 bits per heavy atom. The lowest BCUT2D eigenvalue weighted by Crippen LogP contribution is -2.54. The molecule has 86 valence electrons. The topological polar surface area (TPSA) is 38.3 Å². The predicted octanol–water partition coefficient (Wildman–Crippen LogP) is 2.57. The molecule has 1 aromatic rings.